The summed E-state index contributed by atoms with van der Waals surface area (Å²) in [5.74, 6) is 0. The van der Waals surface area contributed by atoms with Gasteiger partial charge >= 0.3 is 0 Å². The Balaban J connectivity index is 2.69. The van der Waals surface area contributed by atoms with Crippen molar-refractivity contribution >= 4 is 0 Å². The molecule has 0 aliphatic heterocycles. The van der Waals surface area contributed by atoms with Gasteiger partial charge in [-0.1, -0.05) is 52.0 Å². The van der Waals surface area contributed by atoms with Crippen LogP contribution in [0.1, 0.15) is 45.2 Å². The second-order valence-corrected chi connectivity index (χ2v) is 5.69. The summed E-state index contributed by atoms with van der Waals surface area (Å²) in [5, 5.41) is 19.3. The molecule has 0 spiro atoms. The quantitative estimate of drug-likeness (QED) is 0.843. The average Bonchev–Trinajstić information content (AvgIpc) is 2.27. The molecule has 0 amide bonds. The first-order valence-corrected chi connectivity index (χ1v) is 6.30. The molecule has 96 valence electrons. The molecule has 0 radical (unpaired) electrons. The molecule has 17 heavy (non-hydrogen) atoms. The zero-order chi connectivity index (χ0) is 13.1. The van der Waals surface area contributed by atoms with Gasteiger partial charge in [-0.25, -0.2) is 0 Å². The summed E-state index contributed by atoms with van der Waals surface area (Å²) in [5.41, 5.74) is 2.50. The Bertz CT molecular complexity index is 335. The van der Waals surface area contributed by atoms with Gasteiger partial charge < -0.3 is 10.2 Å². The highest BCUT2D eigenvalue weighted by atomic mass is 16.3. The van der Waals surface area contributed by atoms with E-state index in [1.165, 1.54) is 5.56 Å². The van der Waals surface area contributed by atoms with Crippen molar-refractivity contribution in [3.63, 3.8) is 0 Å². The SMILES string of the molecule is CCC(O)C(O)Cc1ccc(C(C)(C)C)cc1. The lowest BCUT2D eigenvalue weighted by molar-refractivity contribution is 0.0181. The largest absolute Gasteiger partial charge is 0.390 e. The molecule has 0 saturated heterocycles. The fourth-order valence-electron chi connectivity index (χ4n) is 1.79. The Morgan fingerprint density at radius 3 is 1.94 bits per heavy atom. The van der Waals surface area contributed by atoms with Gasteiger partial charge in [-0.15, -0.1) is 0 Å². The van der Waals surface area contributed by atoms with Crippen LogP contribution in [-0.2, 0) is 11.8 Å². The van der Waals surface area contributed by atoms with Crippen molar-refractivity contribution in [3.8, 4) is 0 Å². The number of hydrogen-bond donors (Lipinski definition) is 2. The smallest absolute Gasteiger partial charge is 0.0839 e. The summed E-state index contributed by atoms with van der Waals surface area (Å²) in [6.45, 7) is 8.41. The minimum Gasteiger partial charge on any atom is -0.390 e. The average molecular weight is 236 g/mol. The topological polar surface area (TPSA) is 40.5 Å². The van der Waals surface area contributed by atoms with E-state index < -0.39 is 12.2 Å². The van der Waals surface area contributed by atoms with Crippen LogP contribution in [0.25, 0.3) is 0 Å². The summed E-state index contributed by atoms with van der Waals surface area (Å²) in [6.07, 6.45) is -0.196. The van der Waals surface area contributed by atoms with E-state index in [1.807, 2.05) is 19.1 Å². The summed E-state index contributed by atoms with van der Waals surface area (Å²) >= 11 is 0. The van der Waals surface area contributed by atoms with E-state index in [0.717, 1.165) is 5.56 Å². The van der Waals surface area contributed by atoms with Gasteiger partial charge in [-0.2, -0.15) is 0 Å². The number of hydrogen-bond acceptors (Lipinski definition) is 2. The molecule has 0 aliphatic rings. The van der Waals surface area contributed by atoms with Gasteiger partial charge in [0.25, 0.3) is 0 Å². The molecule has 0 saturated carbocycles. The minimum atomic E-state index is -0.666. The van der Waals surface area contributed by atoms with Gasteiger partial charge in [0.15, 0.2) is 0 Å². The van der Waals surface area contributed by atoms with Crippen molar-refractivity contribution in [1.82, 2.24) is 0 Å². The Labute approximate surface area is 104 Å². The maximum absolute atomic E-state index is 9.75. The van der Waals surface area contributed by atoms with Crippen LogP contribution in [0.15, 0.2) is 24.3 Å². The van der Waals surface area contributed by atoms with E-state index in [-0.39, 0.29) is 5.41 Å². The zero-order valence-electron chi connectivity index (χ0n) is 11.3. The van der Waals surface area contributed by atoms with E-state index in [9.17, 15) is 10.2 Å². The van der Waals surface area contributed by atoms with Gasteiger partial charge in [0.2, 0.25) is 0 Å². The fourth-order valence-corrected chi connectivity index (χ4v) is 1.79. The van der Waals surface area contributed by atoms with Gasteiger partial charge in [-0.05, 0) is 23.0 Å². The first-order valence-electron chi connectivity index (χ1n) is 6.30. The second-order valence-electron chi connectivity index (χ2n) is 5.69. The van der Waals surface area contributed by atoms with E-state index in [0.29, 0.717) is 12.8 Å². The number of aliphatic hydroxyl groups is 2. The van der Waals surface area contributed by atoms with Crippen LogP contribution in [0.2, 0.25) is 0 Å². The number of benzene rings is 1. The predicted octanol–water partition coefficient (Wildman–Crippen LogP) is 2.66. The predicted molar refractivity (Wildman–Crippen MR) is 71.2 cm³/mol. The highest BCUT2D eigenvalue weighted by Crippen LogP contribution is 2.22. The van der Waals surface area contributed by atoms with Crippen LogP contribution < -0.4 is 0 Å². The molecule has 1 aromatic rings. The molecule has 2 unspecified atom stereocenters. The monoisotopic (exact) mass is 236 g/mol. The standard InChI is InChI=1S/C15H24O2/c1-5-13(16)14(17)10-11-6-8-12(9-7-11)15(2,3)4/h6-9,13-14,16-17H,5,10H2,1-4H3. The first kappa shape index (κ1) is 14.2. The van der Waals surface area contributed by atoms with Crippen molar-refractivity contribution in [2.75, 3.05) is 0 Å². The lowest BCUT2D eigenvalue weighted by atomic mass is 9.86. The van der Waals surface area contributed by atoms with Gasteiger partial charge in [-0.3, -0.25) is 0 Å². The van der Waals surface area contributed by atoms with Crippen LogP contribution in [-0.4, -0.2) is 22.4 Å². The Morgan fingerprint density at radius 1 is 1.00 bits per heavy atom. The van der Waals surface area contributed by atoms with Crippen LogP contribution in [0.3, 0.4) is 0 Å². The molecule has 0 bridgehead atoms. The first-order chi connectivity index (χ1) is 7.84. The molecular formula is C15H24O2. The minimum absolute atomic E-state index is 0.153. The van der Waals surface area contributed by atoms with Crippen molar-refractivity contribution < 1.29 is 10.2 Å². The lowest BCUT2D eigenvalue weighted by Crippen LogP contribution is -2.27. The van der Waals surface area contributed by atoms with Crippen LogP contribution in [0, 0.1) is 0 Å². The molecule has 2 heteroatoms. The molecular weight excluding hydrogens is 212 g/mol. The third-order valence-electron chi connectivity index (χ3n) is 3.13. The molecule has 1 rings (SSSR count). The van der Waals surface area contributed by atoms with Crippen molar-refractivity contribution in [2.45, 2.75) is 58.2 Å². The number of aliphatic hydroxyl groups excluding tert-OH is 2. The summed E-state index contributed by atoms with van der Waals surface area (Å²) < 4.78 is 0. The third kappa shape index (κ3) is 4.14. The van der Waals surface area contributed by atoms with Gasteiger partial charge in [0, 0.05) is 6.42 Å². The van der Waals surface area contributed by atoms with E-state index >= 15 is 0 Å². The van der Waals surface area contributed by atoms with Gasteiger partial charge in [0.1, 0.15) is 0 Å². The maximum atomic E-state index is 9.75. The highest BCUT2D eigenvalue weighted by molar-refractivity contribution is 5.27. The van der Waals surface area contributed by atoms with Gasteiger partial charge in [0.05, 0.1) is 12.2 Å². The fraction of sp³-hybridized carbons (Fsp3) is 0.600. The van der Waals surface area contributed by atoms with Crippen LogP contribution >= 0.6 is 0 Å². The highest BCUT2D eigenvalue weighted by Gasteiger charge is 2.16. The molecule has 0 aromatic heterocycles. The summed E-state index contributed by atoms with van der Waals surface area (Å²) in [7, 11) is 0. The summed E-state index contributed by atoms with van der Waals surface area (Å²) in [4.78, 5) is 0. The van der Waals surface area contributed by atoms with E-state index in [1.54, 1.807) is 0 Å². The molecule has 2 nitrogen and oxygen atoms in total. The van der Waals surface area contributed by atoms with Crippen LogP contribution in [0.4, 0.5) is 0 Å². The molecule has 1 aromatic carbocycles. The lowest BCUT2D eigenvalue weighted by Gasteiger charge is -2.20. The van der Waals surface area contributed by atoms with Crippen molar-refractivity contribution in [2.24, 2.45) is 0 Å². The van der Waals surface area contributed by atoms with Crippen molar-refractivity contribution in [1.29, 1.82) is 0 Å². The normalized spacial score (nSPS) is 15.6. The third-order valence-corrected chi connectivity index (χ3v) is 3.13. The Morgan fingerprint density at radius 2 is 1.53 bits per heavy atom. The maximum Gasteiger partial charge on any atom is 0.0839 e. The molecule has 0 heterocycles. The van der Waals surface area contributed by atoms with E-state index in [4.69, 9.17) is 0 Å². The number of rotatable bonds is 4. The molecule has 2 atom stereocenters. The molecule has 0 aliphatic carbocycles. The molecule has 0 fully saturated rings. The van der Waals surface area contributed by atoms with Crippen LogP contribution in [0.5, 0.6) is 0 Å². The van der Waals surface area contributed by atoms with E-state index in [2.05, 4.69) is 32.9 Å². The zero-order valence-corrected chi connectivity index (χ0v) is 11.3. The summed E-state index contributed by atoms with van der Waals surface area (Å²) in [6, 6.07) is 8.26. The Hall–Kier alpha value is -0.860. The second kappa shape index (κ2) is 5.65. The Kier molecular flexibility index (Phi) is 4.72. The molecule has 2 N–H and O–H groups in total. The van der Waals surface area contributed by atoms with Crippen molar-refractivity contribution in [3.05, 3.63) is 35.4 Å².